The minimum absolute atomic E-state index is 0.157. The Balaban J connectivity index is 3.19. The van der Waals surface area contributed by atoms with Gasteiger partial charge in [-0.15, -0.1) is 6.58 Å². The Morgan fingerprint density at radius 3 is 2.61 bits per heavy atom. The number of nitrogens with two attached hydrogens (primary N) is 1. The van der Waals surface area contributed by atoms with Gasteiger partial charge < -0.3 is 10.5 Å². The summed E-state index contributed by atoms with van der Waals surface area (Å²) in [6.07, 6.45) is 1.55. The first kappa shape index (κ1) is 14.5. The van der Waals surface area contributed by atoms with Crippen LogP contribution in [0.2, 0.25) is 0 Å². The quantitative estimate of drug-likeness (QED) is 0.627. The molecule has 0 saturated carbocycles. The Hall–Kier alpha value is -1.53. The van der Waals surface area contributed by atoms with Crippen molar-refractivity contribution in [1.82, 2.24) is 4.31 Å². The molecule has 0 heterocycles. The average molecular weight is 270 g/mol. The van der Waals surface area contributed by atoms with Crippen LogP contribution in [0.1, 0.15) is 6.92 Å². The number of nitrogens with zero attached hydrogens (tertiary/aromatic N) is 1. The van der Waals surface area contributed by atoms with Crippen molar-refractivity contribution < 1.29 is 13.2 Å². The molecular formula is C12H18N2O3S. The van der Waals surface area contributed by atoms with Gasteiger partial charge in [0.05, 0.1) is 17.7 Å². The van der Waals surface area contributed by atoms with Crippen LogP contribution in [0.4, 0.5) is 5.69 Å². The number of methoxy groups -OCH3 is 1. The Morgan fingerprint density at radius 1 is 1.50 bits per heavy atom. The van der Waals surface area contributed by atoms with Gasteiger partial charge in [0.15, 0.2) is 0 Å². The minimum atomic E-state index is -3.53. The zero-order valence-corrected chi connectivity index (χ0v) is 11.4. The molecule has 0 aliphatic carbocycles. The lowest BCUT2D eigenvalue weighted by Gasteiger charge is -2.19. The Bertz CT molecular complexity index is 526. The highest BCUT2D eigenvalue weighted by Crippen LogP contribution is 2.26. The van der Waals surface area contributed by atoms with Crippen molar-refractivity contribution >= 4 is 15.7 Å². The van der Waals surface area contributed by atoms with Gasteiger partial charge >= 0.3 is 0 Å². The third kappa shape index (κ3) is 2.83. The lowest BCUT2D eigenvalue weighted by Crippen LogP contribution is -2.31. The molecule has 5 nitrogen and oxygen atoms in total. The van der Waals surface area contributed by atoms with Gasteiger partial charge in [-0.3, -0.25) is 0 Å². The summed E-state index contributed by atoms with van der Waals surface area (Å²) < 4.78 is 30.9. The number of hydrogen-bond acceptors (Lipinski definition) is 4. The van der Waals surface area contributed by atoms with Crippen molar-refractivity contribution in [1.29, 1.82) is 0 Å². The van der Waals surface area contributed by atoms with Gasteiger partial charge in [-0.1, -0.05) is 13.0 Å². The highest BCUT2D eigenvalue weighted by atomic mass is 32.2. The van der Waals surface area contributed by atoms with Crippen LogP contribution in [-0.4, -0.2) is 32.9 Å². The van der Waals surface area contributed by atoms with Crippen LogP contribution in [0, 0.1) is 0 Å². The third-order valence-electron chi connectivity index (χ3n) is 2.52. The molecule has 1 aromatic carbocycles. The van der Waals surface area contributed by atoms with Crippen LogP contribution < -0.4 is 10.5 Å². The van der Waals surface area contributed by atoms with Crippen LogP contribution >= 0.6 is 0 Å². The van der Waals surface area contributed by atoms with E-state index in [2.05, 4.69) is 6.58 Å². The Labute approximate surface area is 108 Å². The molecule has 100 valence electrons. The molecule has 0 atom stereocenters. The molecule has 0 bridgehead atoms. The SMILES string of the molecule is C=CCN(CC)S(=O)(=O)c1ccc(OC)c(N)c1. The minimum Gasteiger partial charge on any atom is -0.495 e. The lowest BCUT2D eigenvalue weighted by atomic mass is 10.3. The van der Waals surface area contributed by atoms with E-state index in [1.165, 1.54) is 23.5 Å². The number of rotatable bonds is 6. The van der Waals surface area contributed by atoms with E-state index in [0.29, 0.717) is 18.0 Å². The van der Waals surface area contributed by atoms with Crippen molar-refractivity contribution in [2.75, 3.05) is 25.9 Å². The third-order valence-corrected chi connectivity index (χ3v) is 4.46. The number of hydrogen-bond donors (Lipinski definition) is 1. The molecule has 0 amide bonds. The molecule has 0 spiro atoms. The fraction of sp³-hybridized carbons (Fsp3) is 0.333. The summed E-state index contributed by atoms with van der Waals surface area (Å²) in [6, 6.07) is 4.43. The molecule has 0 aliphatic heterocycles. The first-order valence-corrected chi connectivity index (χ1v) is 6.96. The fourth-order valence-electron chi connectivity index (χ4n) is 1.56. The molecule has 0 aliphatic rings. The van der Waals surface area contributed by atoms with E-state index in [-0.39, 0.29) is 11.4 Å². The van der Waals surface area contributed by atoms with Crippen LogP contribution in [0.5, 0.6) is 5.75 Å². The van der Waals surface area contributed by atoms with E-state index in [1.807, 2.05) is 0 Å². The number of likely N-dealkylation sites (N-methyl/N-ethyl adjacent to an activating group) is 1. The monoisotopic (exact) mass is 270 g/mol. The summed E-state index contributed by atoms with van der Waals surface area (Å²) in [4.78, 5) is 0.157. The van der Waals surface area contributed by atoms with Crippen LogP contribution in [-0.2, 0) is 10.0 Å². The molecule has 1 rings (SSSR count). The number of anilines is 1. The van der Waals surface area contributed by atoms with Gasteiger partial charge in [-0.2, -0.15) is 4.31 Å². The van der Waals surface area contributed by atoms with E-state index in [1.54, 1.807) is 19.1 Å². The maximum absolute atomic E-state index is 12.3. The standard InChI is InChI=1S/C12H18N2O3S/c1-4-8-14(5-2)18(15,16)10-6-7-12(17-3)11(13)9-10/h4,6-7,9H,1,5,8,13H2,2-3H3. The lowest BCUT2D eigenvalue weighted by molar-refractivity contribution is 0.416. The second-order valence-electron chi connectivity index (χ2n) is 3.65. The molecule has 18 heavy (non-hydrogen) atoms. The van der Waals surface area contributed by atoms with Crippen molar-refractivity contribution in [2.24, 2.45) is 0 Å². The summed E-state index contributed by atoms with van der Waals surface area (Å²) >= 11 is 0. The molecule has 6 heteroatoms. The van der Waals surface area contributed by atoms with Crippen LogP contribution in [0.25, 0.3) is 0 Å². The van der Waals surface area contributed by atoms with Gasteiger partial charge in [-0.05, 0) is 18.2 Å². The maximum Gasteiger partial charge on any atom is 0.243 e. The summed E-state index contributed by atoms with van der Waals surface area (Å²) in [5.41, 5.74) is 6.02. The molecule has 0 saturated heterocycles. The molecule has 0 radical (unpaired) electrons. The second-order valence-corrected chi connectivity index (χ2v) is 5.59. The topological polar surface area (TPSA) is 72.6 Å². The highest BCUT2D eigenvalue weighted by molar-refractivity contribution is 7.89. The number of nitrogen functional groups attached to an aromatic ring is 1. The van der Waals surface area contributed by atoms with E-state index in [9.17, 15) is 8.42 Å². The normalized spacial score (nSPS) is 11.5. The fourth-order valence-corrected chi connectivity index (χ4v) is 3.02. The zero-order chi connectivity index (χ0) is 13.8. The predicted molar refractivity (Wildman–Crippen MR) is 72.0 cm³/mol. The van der Waals surface area contributed by atoms with Gasteiger partial charge in [0.2, 0.25) is 10.0 Å². The summed E-state index contributed by atoms with van der Waals surface area (Å²) in [5.74, 6) is 0.459. The van der Waals surface area contributed by atoms with Crippen molar-refractivity contribution in [3.05, 3.63) is 30.9 Å². The largest absolute Gasteiger partial charge is 0.495 e. The predicted octanol–water partition coefficient (Wildman–Crippen LogP) is 1.47. The molecule has 0 fully saturated rings. The van der Waals surface area contributed by atoms with E-state index < -0.39 is 10.0 Å². The smallest absolute Gasteiger partial charge is 0.243 e. The second kappa shape index (κ2) is 5.88. The van der Waals surface area contributed by atoms with Gasteiger partial charge in [0.1, 0.15) is 5.75 Å². The highest BCUT2D eigenvalue weighted by Gasteiger charge is 2.22. The Kier molecular flexibility index (Phi) is 4.75. The first-order chi connectivity index (χ1) is 8.47. The van der Waals surface area contributed by atoms with Crippen LogP contribution in [0.3, 0.4) is 0 Å². The summed E-state index contributed by atoms with van der Waals surface area (Å²) in [5, 5.41) is 0. The van der Waals surface area contributed by atoms with Gasteiger partial charge in [0, 0.05) is 13.1 Å². The van der Waals surface area contributed by atoms with Crippen molar-refractivity contribution in [2.45, 2.75) is 11.8 Å². The van der Waals surface area contributed by atoms with Crippen LogP contribution in [0.15, 0.2) is 35.7 Å². The van der Waals surface area contributed by atoms with E-state index in [0.717, 1.165) is 0 Å². The number of sulfonamides is 1. The van der Waals surface area contributed by atoms with Gasteiger partial charge in [0.25, 0.3) is 0 Å². The van der Waals surface area contributed by atoms with Gasteiger partial charge in [-0.25, -0.2) is 8.42 Å². The molecule has 0 unspecified atom stereocenters. The number of benzene rings is 1. The van der Waals surface area contributed by atoms with E-state index >= 15 is 0 Å². The zero-order valence-electron chi connectivity index (χ0n) is 10.6. The molecule has 1 aromatic rings. The van der Waals surface area contributed by atoms with Crippen molar-refractivity contribution in [3.63, 3.8) is 0 Å². The number of ether oxygens (including phenoxy) is 1. The summed E-state index contributed by atoms with van der Waals surface area (Å²) in [6.45, 7) is 5.97. The first-order valence-electron chi connectivity index (χ1n) is 5.52. The Morgan fingerprint density at radius 2 is 2.17 bits per heavy atom. The average Bonchev–Trinajstić information content (AvgIpc) is 2.35. The molecule has 0 aromatic heterocycles. The molecule has 2 N–H and O–H groups in total. The summed E-state index contributed by atoms with van der Waals surface area (Å²) in [7, 11) is -2.05. The van der Waals surface area contributed by atoms with Crippen molar-refractivity contribution in [3.8, 4) is 5.75 Å². The van der Waals surface area contributed by atoms with E-state index in [4.69, 9.17) is 10.5 Å². The maximum atomic E-state index is 12.3. The molecular weight excluding hydrogens is 252 g/mol.